The number of hydrogen-bond acceptors (Lipinski definition) is 3. The fourth-order valence-electron chi connectivity index (χ4n) is 2.14. The van der Waals surface area contributed by atoms with Crippen molar-refractivity contribution in [3.8, 4) is 0 Å². The van der Waals surface area contributed by atoms with E-state index in [0.717, 1.165) is 9.68 Å². The summed E-state index contributed by atoms with van der Waals surface area (Å²) in [6.07, 6.45) is 8.12. The maximum absolute atomic E-state index is 11.4. The average Bonchev–Trinajstić information content (AvgIpc) is 2.61. The van der Waals surface area contributed by atoms with Crippen molar-refractivity contribution < 1.29 is 4.79 Å². The molecule has 1 aliphatic carbocycles. The molecule has 2 rings (SSSR count). The minimum Gasteiger partial charge on any atom is -0.274 e. The summed E-state index contributed by atoms with van der Waals surface area (Å²) in [6, 6.07) is 0.428. The predicted molar refractivity (Wildman–Crippen MR) is 65.8 cm³/mol. The van der Waals surface area contributed by atoms with Crippen molar-refractivity contribution in [1.82, 2.24) is 4.57 Å². The highest BCUT2D eigenvalue weighted by atomic mass is 32.1. The Labute approximate surface area is 99.8 Å². The molecule has 0 saturated heterocycles. The molecule has 0 atom stereocenters. The third-order valence-electron chi connectivity index (χ3n) is 2.98. The molecule has 0 aromatic carbocycles. The first-order valence-electron chi connectivity index (χ1n) is 5.90. The van der Waals surface area contributed by atoms with E-state index in [0.29, 0.717) is 6.04 Å². The largest absolute Gasteiger partial charge is 0.274 e. The molecule has 88 valence electrons. The van der Waals surface area contributed by atoms with Gasteiger partial charge in [0, 0.05) is 18.0 Å². The summed E-state index contributed by atoms with van der Waals surface area (Å²) >= 11 is 1.61. The Balaban J connectivity index is 2.30. The standard InChI is InChI=1S/C12H18N2OS/c1-9-8-14(10(2)15)12(16-9)13-11-6-4-3-5-7-11/h8,11H,3-7H2,1-2H3. The Morgan fingerprint density at radius 3 is 2.75 bits per heavy atom. The van der Waals surface area contributed by atoms with E-state index in [1.54, 1.807) is 22.8 Å². The molecule has 0 bridgehead atoms. The first kappa shape index (κ1) is 11.6. The summed E-state index contributed by atoms with van der Waals surface area (Å²) in [5, 5.41) is 0. The van der Waals surface area contributed by atoms with E-state index in [2.05, 4.69) is 0 Å². The molecule has 4 heteroatoms. The SMILES string of the molecule is CC(=O)n1cc(C)sc1=NC1CCCCC1. The van der Waals surface area contributed by atoms with Crippen LogP contribution in [0.5, 0.6) is 0 Å². The third kappa shape index (κ3) is 2.61. The summed E-state index contributed by atoms with van der Waals surface area (Å²) in [4.78, 5) is 18.2. The van der Waals surface area contributed by atoms with Crippen LogP contribution in [-0.4, -0.2) is 16.5 Å². The van der Waals surface area contributed by atoms with Crippen molar-refractivity contribution in [3.63, 3.8) is 0 Å². The van der Waals surface area contributed by atoms with Gasteiger partial charge in [-0.2, -0.15) is 0 Å². The highest BCUT2D eigenvalue weighted by molar-refractivity contribution is 7.09. The zero-order chi connectivity index (χ0) is 11.5. The lowest BCUT2D eigenvalue weighted by Crippen LogP contribution is -2.23. The van der Waals surface area contributed by atoms with Crippen molar-refractivity contribution in [2.45, 2.75) is 52.0 Å². The van der Waals surface area contributed by atoms with E-state index in [4.69, 9.17) is 4.99 Å². The van der Waals surface area contributed by atoms with E-state index < -0.39 is 0 Å². The van der Waals surface area contributed by atoms with Gasteiger partial charge in [0.05, 0.1) is 6.04 Å². The molecule has 1 aliphatic rings. The summed E-state index contributed by atoms with van der Waals surface area (Å²) < 4.78 is 1.68. The van der Waals surface area contributed by atoms with Gasteiger partial charge in [-0.1, -0.05) is 19.3 Å². The fourth-order valence-corrected chi connectivity index (χ4v) is 3.06. The van der Waals surface area contributed by atoms with Crippen LogP contribution < -0.4 is 4.80 Å². The van der Waals surface area contributed by atoms with E-state index in [-0.39, 0.29) is 5.91 Å². The van der Waals surface area contributed by atoms with E-state index in [1.165, 1.54) is 32.1 Å². The van der Waals surface area contributed by atoms with Crippen LogP contribution in [0.1, 0.15) is 48.7 Å². The smallest absolute Gasteiger partial charge is 0.229 e. The normalized spacial score (nSPS) is 19.0. The number of thiazole rings is 1. The molecule has 0 aliphatic heterocycles. The van der Waals surface area contributed by atoms with Gasteiger partial charge in [-0.15, -0.1) is 11.3 Å². The van der Waals surface area contributed by atoms with E-state index >= 15 is 0 Å². The van der Waals surface area contributed by atoms with Gasteiger partial charge in [-0.3, -0.25) is 14.4 Å². The summed E-state index contributed by atoms with van der Waals surface area (Å²) in [7, 11) is 0. The molecule has 0 amide bonds. The van der Waals surface area contributed by atoms with Crippen molar-refractivity contribution in [2.24, 2.45) is 4.99 Å². The van der Waals surface area contributed by atoms with Gasteiger partial charge in [-0.25, -0.2) is 0 Å². The van der Waals surface area contributed by atoms with Gasteiger partial charge in [0.25, 0.3) is 0 Å². The zero-order valence-electron chi connectivity index (χ0n) is 9.90. The van der Waals surface area contributed by atoms with Crippen LogP contribution in [0.25, 0.3) is 0 Å². The van der Waals surface area contributed by atoms with Crippen molar-refractivity contribution >= 4 is 17.2 Å². The molecule has 3 nitrogen and oxygen atoms in total. The quantitative estimate of drug-likeness (QED) is 0.740. The Morgan fingerprint density at radius 1 is 1.44 bits per heavy atom. The van der Waals surface area contributed by atoms with Crippen molar-refractivity contribution in [1.29, 1.82) is 0 Å². The molecular formula is C12H18N2OS. The molecule has 1 heterocycles. The molecule has 1 saturated carbocycles. The second-order valence-corrected chi connectivity index (χ2v) is 5.65. The third-order valence-corrected chi connectivity index (χ3v) is 3.89. The second kappa shape index (κ2) is 4.95. The number of rotatable bonds is 1. The molecule has 0 radical (unpaired) electrons. The Kier molecular flexibility index (Phi) is 3.59. The van der Waals surface area contributed by atoms with Crippen LogP contribution in [-0.2, 0) is 0 Å². The van der Waals surface area contributed by atoms with Crippen LogP contribution in [0, 0.1) is 6.92 Å². The van der Waals surface area contributed by atoms with Gasteiger partial charge in [0.1, 0.15) is 0 Å². The molecule has 16 heavy (non-hydrogen) atoms. The van der Waals surface area contributed by atoms with Crippen LogP contribution in [0.4, 0.5) is 0 Å². The molecule has 1 aromatic rings. The van der Waals surface area contributed by atoms with Gasteiger partial charge in [-0.05, 0) is 19.8 Å². The zero-order valence-corrected chi connectivity index (χ0v) is 10.7. The monoisotopic (exact) mass is 238 g/mol. The van der Waals surface area contributed by atoms with Gasteiger partial charge < -0.3 is 0 Å². The molecule has 1 aromatic heterocycles. The molecular weight excluding hydrogens is 220 g/mol. The maximum atomic E-state index is 11.4. The molecule has 0 unspecified atom stereocenters. The highest BCUT2D eigenvalue weighted by Crippen LogP contribution is 2.19. The van der Waals surface area contributed by atoms with Crippen LogP contribution >= 0.6 is 11.3 Å². The van der Waals surface area contributed by atoms with Crippen LogP contribution in [0.15, 0.2) is 11.2 Å². The lowest BCUT2D eigenvalue weighted by Gasteiger charge is -2.16. The average molecular weight is 238 g/mol. The molecule has 0 N–H and O–H groups in total. The topological polar surface area (TPSA) is 34.4 Å². The number of hydrogen-bond donors (Lipinski definition) is 0. The lowest BCUT2D eigenvalue weighted by molar-refractivity contribution is 0.0933. The number of carbonyl (C=O) groups is 1. The Morgan fingerprint density at radius 2 is 2.12 bits per heavy atom. The first-order chi connectivity index (χ1) is 7.66. The van der Waals surface area contributed by atoms with E-state index in [1.807, 2.05) is 13.1 Å². The van der Waals surface area contributed by atoms with Crippen molar-refractivity contribution in [2.75, 3.05) is 0 Å². The minimum absolute atomic E-state index is 0.0545. The second-order valence-electron chi connectivity index (χ2n) is 4.43. The van der Waals surface area contributed by atoms with Gasteiger partial charge >= 0.3 is 0 Å². The summed E-state index contributed by atoms with van der Waals surface area (Å²) in [6.45, 7) is 3.61. The fraction of sp³-hybridized carbons (Fsp3) is 0.667. The lowest BCUT2D eigenvalue weighted by atomic mass is 9.96. The van der Waals surface area contributed by atoms with Gasteiger partial charge in [0.15, 0.2) is 4.80 Å². The van der Waals surface area contributed by atoms with Gasteiger partial charge in [0.2, 0.25) is 5.91 Å². The summed E-state index contributed by atoms with van der Waals surface area (Å²) in [5.41, 5.74) is 0. The number of aryl methyl sites for hydroxylation is 1. The van der Waals surface area contributed by atoms with Crippen LogP contribution in [0.3, 0.4) is 0 Å². The number of carbonyl (C=O) groups excluding carboxylic acids is 1. The predicted octanol–water partition coefficient (Wildman–Crippen LogP) is 2.75. The number of nitrogens with zero attached hydrogens (tertiary/aromatic N) is 2. The molecule has 1 fully saturated rings. The van der Waals surface area contributed by atoms with E-state index in [9.17, 15) is 4.79 Å². The minimum atomic E-state index is 0.0545. The summed E-state index contributed by atoms with van der Waals surface area (Å²) in [5.74, 6) is 0.0545. The Bertz CT molecular complexity index is 438. The van der Waals surface area contributed by atoms with Crippen molar-refractivity contribution in [3.05, 3.63) is 15.9 Å². The first-order valence-corrected chi connectivity index (χ1v) is 6.72. The highest BCUT2D eigenvalue weighted by Gasteiger charge is 2.13. The maximum Gasteiger partial charge on any atom is 0.229 e. The Hall–Kier alpha value is -0.900. The van der Waals surface area contributed by atoms with Crippen LogP contribution in [0.2, 0.25) is 0 Å². The number of aromatic nitrogens is 1. The molecule has 0 spiro atoms.